The number of hydrogen-bond donors (Lipinski definition) is 1. The van der Waals surface area contributed by atoms with Gasteiger partial charge in [-0.2, -0.15) is 0 Å². The molecule has 1 unspecified atom stereocenters. The fourth-order valence-corrected chi connectivity index (χ4v) is 3.71. The van der Waals surface area contributed by atoms with E-state index >= 15 is 0 Å². The van der Waals surface area contributed by atoms with Crippen LogP contribution in [0, 0.1) is 0 Å². The Labute approximate surface area is 139 Å². The lowest BCUT2D eigenvalue weighted by Crippen LogP contribution is -2.47. The number of ether oxygens (including phenoxy) is 2. The number of likely N-dealkylation sites (tertiary alicyclic amines) is 1. The molecular formula is C18H29N3O2. The summed E-state index contributed by atoms with van der Waals surface area (Å²) in [5.41, 5.74) is 1.28. The van der Waals surface area contributed by atoms with E-state index in [1.54, 1.807) is 14.2 Å². The second-order valence-corrected chi connectivity index (χ2v) is 6.42. The maximum atomic E-state index is 5.68. The van der Waals surface area contributed by atoms with Crippen LogP contribution in [0.2, 0.25) is 0 Å². The third-order valence-corrected chi connectivity index (χ3v) is 5.02. The van der Waals surface area contributed by atoms with Gasteiger partial charge in [0.05, 0.1) is 20.3 Å². The highest BCUT2D eigenvalue weighted by atomic mass is 16.5. The summed E-state index contributed by atoms with van der Waals surface area (Å²) in [4.78, 5) is 5.19. The lowest BCUT2D eigenvalue weighted by molar-refractivity contribution is 0.133. The highest BCUT2D eigenvalue weighted by Crippen LogP contribution is 2.34. The molecule has 128 valence electrons. The van der Waals surface area contributed by atoms with Crippen molar-refractivity contribution in [2.45, 2.75) is 18.9 Å². The number of piperazine rings is 1. The molecule has 2 heterocycles. The zero-order valence-electron chi connectivity index (χ0n) is 14.4. The lowest BCUT2D eigenvalue weighted by Gasteiger charge is -2.37. The maximum Gasteiger partial charge on any atom is 0.127 e. The first kappa shape index (κ1) is 16.6. The summed E-state index contributed by atoms with van der Waals surface area (Å²) in [6.45, 7) is 7.84. The Bertz CT molecular complexity index is 497. The van der Waals surface area contributed by atoms with E-state index in [-0.39, 0.29) is 0 Å². The smallest absolute Gasteiger partial charge is 0.127 e. The normalized spacial score (nSPS) is 21.3. The lowest BCUT2D eigenvalue weighted by atomic mass is 10.0. The van der Waals surface area contributed by atoms with Crippen molar-refractivity contribution in [2.75, 3.05) is 60.0 Å². The molecular weight excluding hydrogens is 290 g/mol. The van der Waals surface area contributed by atoms with Crippen LogP contribution in [-0.4, -0.2) is 69.8 Å². The van der Waals surface area contributed by atoms with Gasteiger partial charge in [-0.05, 0) is 32.0 Å². The first-order chi connectivity index (χ1) is 11.3. The van der Waals surface area contributed by atoms with Crippen LogP contribution in [0.15, 0.2) is 18.2 Å². The Morgan fingerprint density at radius 1 is 1.04 bits per heavy atom. The minimum absolute atomic E-state index is 0.385. The monoisotopic (exact) mass is 319 g/mol. The Kier molecular flexibility index (Phi) is 5.75. The molecule has 0 aromatic heterocycles. The van der Waals surface area contributed by atoms with E-state index < -0.39 is 0 Å². The summed E-state index contributed by atoms with van der Waals surface area (Å²) in [6.07, 6.45) is 2.65. The van der Waals surface area contributed by atoms with Crippen LogP contribution in [0.4, 0.5) is 0 Å². The van der Waals surface area contributed by atoms with E-state index in [0.29, 0.717) is 6.04 Å². The van der Waals surface area contributed by atoms with Crippen molar-refractivity contribution in [1.82, 2.24) is 15.1 Å². The minimum Gasteiger partial charge on any atom is -0.497 e. The van der Waals surface area contributed by atoms with Gasteiger partial charge < -0.3 is 19.7 Å². The fraction of sp³-hybridized carbons (Fsp3) is 0.667. The highest BCUT2D eigenvalue weighted by molar-refractivity contribution is 5.42. The number of methoxy groups -OCH3 is 2. The quantitative estimate of drug-likeness (QED) is 0.864. The van der Waals surface area contributed by atoms with E-state index in [9.17, 15) is 0 Å². The van der Waals surface area contributed by atoms with E-state index in [1.807, 2.05) is 6.07 Å². The van der Waals surface area contributed by atoms with Gasteiger partial charge in [0.1, 0.15) is 11.5 Å². The molecule has 5 heteroatoms. The van der Waals surface area contributed by atoms with Crippen LogP contribution >= 0.6 is 0 Å². The third-order valence-electron chi connectivity index (χ3n) is 5.02. The van der Waals surface area contributed by atoms with Crippen LogP contribution < -0.4 is 14.8 Å². The third kappa shape index (κ3) is 3.97. The van der Waals surface area contributed by atoms with E-state index in [0.717, 1.165) is 44.2 Å². The van der Waals surface area contributed by atoms with Gasteiger partial charge in [0, 0.05) is 44.4 Å². The molecule has 2 saturated heterocycles. The predicted molar refractivity (Wildman–Crippen MR) is 92.4 cm³/mol. The molecule has 0 aliphatic carbocycles. The van der Waals surface area contributed by atoms with Crippen LogP contribution in [-0.2, 0) is 0 Å². The molecule has 1 aromatic rings. The minimum atomic E-state index is 0.385. The second-order valence-electron chi connectivity index (χ2n) is 6.42. The van der Waals surface area contributed by atoms with Crippen LogP contribution in [0.1, 0.15) is 24.4 Å². The average Bonchev–Trinajstić information content (AvgIpc) is 3.13. The standard InChI is InChI=1S/C18H29N3O2/c1-22-15-5-6-16(18(13-15)23-2)17(14-20-9-3-4-10-20)21-11-7-19-8-12-21/h5-6,13,17,19H,3-4,7-12,14H2,1-2H3. The van der Waals surface area contributed by atoms with Crippen molar-refractivity contribution in [3.63, 3.8) is 0 Å². The Hall–Kier alpha value is -1.30. The number of rotatable bonds is 6. The van der Waals surface area contributed by atoms with Gasteiger partial charge in [-0.3, -0.25) is 4.90 Å². The summed E-state index contributed by atoms with van der Waals surface area (Å²) >= 11 is 0. The van der Waals surface area contributed by atoms with Gasteiger partial charge in [-0.1, -0.05) is 6.07 Å². The molecule has 1 atom stereocenters. The molecule has 0 spiro atoms. The molecule has 2 aliphatic heterocycles. The molecule has 1 N–H and O–H groups in total. The van der Waals surface area contributed by atoms with Gasteiger partial charge >= 0.3 is 0 Å². The van der Waals surface area contributed by atoms with Crippen LogP contribution in [0.3, 0.4) is 0 Å². The molecule has 5 nitrogen and oxygen atoms in total. The summed E-state index contributed by atoms with van der Waals surface area (Å²) in [5, 5.41) is 3.46. The van der Waals surface area contributed by atoms with Gasteiger partial charge in [-0.15, -0.1) is 0 Å². The number of nitrogens with zero attached hydrogens (tertiary/aromatic N) is 2. The van der Waals surface area contributed by atoms with E-state index in [1.165, 1.54) is 31.5 Å². The largest absolute Gasteiger partial charge is 0.497 e. The highest BCUT2D eigenvalue weighted by Gasteiger charge is 2.28. The summed E-state index contributed by atoms with van der Waals surface area (Å²) in [7, 11) is 3.45. The fourth-order valence-electron chi connectivity index (χ4n) is 3.71. The molecule has 2 aliphatic rings. The molecule has 1 aromatic carbocycles. The Morgan fingerprint density at radius 2 is 1.78 bits per heavy atom. The van der Waals surface area contributed by atoms with E-state index in [2.05, 4.69) is 27.2 Å². The molecule has 23 heavy (non-hydrogen) atoms. The van der Waals surface area contributed by atoms with Gasteiger partial charge in [-0.25, -0.2) is 0 Å². The zero-order valence-corrected chi connectivity index (χ0v) is 14.4. The van der Waals surface area contributed by atoms with Gasteiger partial charge in [0.15, 0.2) is 0 Å². The average molecular weight is 319 g/mol. The number of hydrogen-bond acceptors (Lipinski definition) is 5. The Balaban J connectivity index is 1.86. The molecule has 0 radical (unpaired) electrons. The van der Waals surface area contributed by atoms with Crippen LogP contribution in [0.25, 0.3) is 0 Å². The zero-order chi connectivity index (χ0) is 16.1. The van der Waals surface area contributed by atoms with Crippen molar-refractivity contribution in [3.8, 4) is 11.5 Å². The summed E-state index contributed by atoms with van der Waals surface area (Å²) in [6, 6.07) is 6.63. The van der Waals surface area contributed by atoms with Crippen molar-refractivity contribution in [2.24, 2.45) is 0 Å². The topological polar surface area (TPSA) is 37.0 Å². The molecule has 0 bridgehead atoms. The van der Waals surface area contributed by atoms with E-state index in [4.69, 9.17) is 9.47 Å². The molecule has 2 fully saturated rings. The maximum absolute atomic E-state index is 5.68. The first-order valence-corrected chi connectivity index (χ1v) is 8.71. The molecule has 3 rings (SSSR count). The van der Waals surface area contributed by atoms with Crippen molar-refractivity contribution < 1.29 is 9.47 Å². The van der Waals surface area contributed by atoms with Gasteiger partial charge in [0.2, 0.25) is 0 Å². The number of nitrogens with one attached hydrogen (secondary N) is 1. The summed E-state index contributed by atoms with van der Waals surface area (Å²) in [5.74, 6) is 1.79. The van der Waals surface area contributed by atoms with Crippen molar-refractivity contribution >= 4 is 0 Å². The van der Waals surface area contributed by atoms with Gasteiger partial charge in [0.25, 0.3) is 0 Å². The van der Waals surface area contributed by atoms with Crippen molar-refractivity contribution in [3.05, 3.63) is 23.8 Å². The summed E-state index contributed by atoms with van der Waals surface area (Å²) < 4.78 is 11.0. The number of benzene rings is 1. The second kappa shape index (κ2) is 7.99. The molecule has 0 saturated carbocycles. The first-order valence-electron chi connectivity index (χ1n) is 8.71. The Morgan fingerprint density at radius 3 is 2.43 bits per heavy atom. The predicted octanol–water partition coefficient (Wildman–Crippen LogP) is 1.75. The van der Waals surface area contributed by atoms with Crippen LogP contribution in [0.5, 0.6) is 11.5 Å². The van der Waals surface area contributed by atoms with Crippen molar-refractivity contribution in [1.29, 1.82) is 0 Å². The SMILES string of the molecule is COc1ccc(C(CN2CCCC2)N2CCNCC2)c(OC)c1. The molecule has 0 amide bonds.